The zero-order valence-electron chi connectivity index (χ0n) is 10.2. The monoisotopic (exact) mass is 246 g/mol. The van der Waals surface area contributed by atoms with Crippen molar-refractivity contribution in [3.63, 3.8) is 0 Å². The summed E-state index contributed by atoms with van der Waals surface area (Å²) < 4.78 is 4.46. The third kappa shape index (κ3) is 5.74. The Morgan fingerprint density at radius 1 is 1.41 bits per heavy atom. The molecular formula is C10H18N2O5. The number of carbonyl (C=O) groups excluding carboxylic acids is 2. The molecule has 7 nitrogen and oxygen atoms in total. The zero-order chi connectivity index (χ0) is 13.4. The van der Waals surface area contributed by atoms with Crippen LogP contribution in [0.4, 0.5) is 4.79 Å². The first-order valence-electron chi connectivity index (χ1n) is 5.27. The number of urea groups is 1. The van der Waals surface area contributed by atoms with Gasteiger partial charge in [0, 0.05) is 13.1 Å². The Balaban J connectivity index is 4.25. The summed E-state index contributed by atoms with van der Waals surface area (Å²) in [7, 11) is 1.23. The van der Waals surface area contributed by atoms with E-state index in [1.807, 2.05) is 0 Å². The molecule has 0 aromatic carbocycles. The lowest BCUT2D eigenvalue weighted by Crippen LogP contribution is -2.47. The normalized spacial score (nSPS) is 11.5. The van der Waals surface area contributed by atoms with Gasteiger partial charge in [-0.3, -0.25) is 4.79 Å². The highest BCUT2D eigenvalue weighted by molar-refractivity contribution is 5.83. The van der Waals surface area contributed by atoms with Gasteiger partial charge in [0.15, 0.2) is 0 Å². The first kappa shape index (κ1) is 15.2. The maximum atomic E-state index is 11.6. The first-order chi connectivity index (χ1) is 7.92. The van der Waals surface area contributed by atoms with Gasteiger partial charge in [0.05, 0.1) is 13.5 Å². The average molecular weight is 246 g/mol. The molecule has 0 heterocycles. The number of hydrogen-bond acceptors (Lipinski definition) is 4. The number of carboxylic acid groups (broad SMARTS) is 1. The first-order valence-corrected chi connectivity index (χ1v) is 5.27. The lowest BCUT2D eigenvalue weighted by atomic mass is 10.3. The highest BCUT2D eigenvalue weighted by Crippen LogP contribution is 1.95. The summed E-state index contributed by atoms with van der Waals surface area (Å²) in [6.45, 7) is 3.69. The molecule has 0 radical (unpaired) electrons. The zero-order valence-corrected chi connectivity index (χ0v) is 10.2. The summed E-state index contributed by atoms with van der Waals surface area (Å²) in [6, 6.07) is -1.24. The fraction of sp³-hybridized carbons (Fsp3) is 0.700. The Hall–Kier alpha value is -1.79. The minimum absolute atomic E-state index is 0.103. The van der Waals surface area contributed by atoms with E-state index in [9.17, 15) is 14.4 Å². The number of carboxylic acids is 1. The van der Waals surface area contributed by atoms with Gasteiger partial charge in [0.1, 0.15) is 6.04 Å². The van der Waals surface area contributed by atoms with E-state index < -0.39 is 24.0 Å². The van der Waals surface area contributed by atoms with Crippen molar-refractivity contribution in [3.05, 3.63) is 0 Å². The van der Waals surface area contributed by atoms with Crippen LogP contribution in [0.3, 0.4) is 0 Å². The predicted molar refractivity (Wildman–Crippen MR) is 59.5 cm³/mol. The average Bonchev–Trinajstić information content (AvgIpc) is 2.28. The Bertz CT molecular complexity index is 292. The quantitative estimate of drug-likeness (QED) is 0.646. The van der Waals surface area contributed by atoms with Crippen molar-refractivity contribution in [2.75, 3.05) is 20.2 Å². The Morgan fingerprint density at radius 3 is 2.41 bits per heavy atom. The van der Waals surface area contributed by atoms with Crippen molar-refractivity contribution in [3.8, 4) is 0 Å². The maximum absolute atomic E-state index is 11.6. The molecule has 2 amide bonds. The minimum atomic E-state index is -0.975. The van der Waals surface area contributed by atoms with Gasteiger partial charge in [0.2, 0.25) is 0 Å². The van der Waals surface area contributed by atoms with E-state index >= 15 is 0 Å². The molecule has 17 heavy (non-hydrogen) atoms. The Morgan fingerprint density at radius 2 is 2.00 bits per heavy atom. The second-order valence-corrected chi connectivity index (χ2v) is 3.42. The molecule has 0 saturated carbocycles. The number of methoxy groups -OCH3 is 1. The van der Waals surface area contributed by atoms with Crippen LogP contribution >= 0.6 is 0 Å². The molecule has 0 fully saturated rings. The highest BCUT2D eigenvalue weighted by atomic mass is 16.5. The molecule has 2 N–H and O–H groups in total. The van der Waals surface area contributed by atoms with Crippen LogP contribution in [0, 0.1) is 0 Å². The van der Waals surface area contributed by atoms with Crippen LogP contribution in [0.25, 0.3) is 0 Å². The van der Waals surface area contributed by atoms with Gasteiger partial charge < -0.3 is 20.1 Å². The van der Waals surface area contributed by atoms with Crippen molar-refractivity contribution in [1.29, 1.82) is 0 Å². The molecule has 7 heteroatoms. The lowest BCUT2D eigenvalue weighted by Gasteiger charge is -2.22. The summed E-state index contributed by atoms with van der Waals surface area (Å²) in [4.78, 5) is 34.4. The molecule has 0 aliphatic heterocycles. The summed E-state index contributed by atoms with van der Waals surface area (Å²) in [6.07, 6.45) is -0.131. The van der Waals surface area contributed by atoms with Gasteiger partial charge in [0.25, 0.3) is 0 Å². The number of amides is 2. The molecule has 0 aliphatic rings. The smallest absolute Gasteiger partial charge is 0.328 e. The maximum Gasteiger partial charge on any atom is 0.328 e. The number of esters is 1. The molecule has 0 saturated heterocycles. The van der Waals surface area contributed by atoms with Gasteiger partial charge in [-0.25, -0.2) is 9.59 Å². The van der Waals surface area contributed by atoms with E-state index in [1.165, 1.54) is 18.9 Å². The van der Waals surface area contributed by atoms with Gasteiger partial charge in [-0.1, -0.05) is 0 Å². The largest absolute Gasteiger partial charge is 0.481 e. The Labute approximate surface area is 99.7 Å². The molecule has 1 atom stereocenters. The molecule has 0 bridgehead atoms. The minimum Gasteiger partial charge on any atom is -0.481 e. The van der Waals surface area contributed by atoms with Gasteiger partial charge in [-0.15, -0.1) is 0 Å². The van der Waals surface area contributed by atoms with Gasteiger partial charge in [-0.05, 0) is 13.8 Å². The van der Waals surface area contributed by atoms with Crippen molar-refractivity contribution in [2.24, 2.45) is 0 Å². The number of rotatable bonds is 6. The van der Waals surface area contributed by atoms with Crippen LogP contribution in [0.2, 0.25) is 0 Å². The third-order valence-corrected chi connectivity index (χ3v) is 2.16. The summed E-state index contributed by atoms with van der Waals surface area (Å²) in [5, 5.41) is 10.9. The topological polar surface area (TPSA) is 95.9 Å². The van der Waals surface area contributed by atoms with Gasteiger partial charge >= 0.3 is 18.0 Å². The van der Waals surface area contributed by atoms with Crippen LogP contribution < -0.4 is 5.32 Å². The highest BCUT2D eigenvalue weighted by Gasteiger charge is 2.19. The summed E-state index contributed by atoms with van der Waals surface area (Å²) in [5.74, 6) is -1.52. The van der Waals surface area contributed by atoms with E-state index in [1.54, 1.807) is 6.92 Å². The number of nitrogens with zero attached hydrogens (tertiary/aromatic N) is 1. The van der Waals surface area contributed by atoms with Crippen LogP contribution in [-0.2, 0) is 14.3 Å². The molecule has 98 valence electrons. The van der Waals surface area contributed by atoms with E-state index in [-0.39, 0.29) is 13.0 Å². The third-order valence-electron chi connectivity index (χ3n) is 2.16. The molecule has 0 aromatic heterocycles. The molecule has 0 aromatic rings. The lowest BCUT2D eigenvalue weighted by molar-refractivity contribution is -0.142. The van der Waals surface area contributed by atoms with E-state index in [0.717, 1.165) is 0 Å². The number of ether oxygens (including phenoxy) is 1. The standard InChI is InChI=1S/C10H18N2O5/c1-4-12(6-5-8(13)14)10(16)11-7(2)9(15)17-3/h7H,4-6H2,1-3H3,(H,11,16)(H,13,14). The van der Waals surface area contributed by atoms with Crippen LogP contribution in [-0.4, -0.2) is 54.2 Å². The fourth-order valence-corrected chi connectivity index (χ4v) is 1.15. The molecule has 0 aliphatic carbocycles. The number of hydrogen-bond donors (Lipinski definition) is 2. The van der Waals surface area contributed by atoms with Crippen LogP contribution in [0.15, 0.2) is 0 Å². The second kappa shape index (κ2) is 7.48. The molecule has 1 unspecified atom stereocenters. The number of carbonyl (C=O) groups is 3. The predicted octanol–water partition coefficient (Wildman–Crippen LogP) is 0.0541. The van der Waals surface area contributed by atoms with Crippen molar-refractivity contribution in [1.82, 2.24) is 10.2 Å². The van der Waals surface area contributed by atoms with Crippen molar-refractivity contribution >= 4 is 18.0 Å². The van der Waals surface area contributed by atoms with E-state index in [2.05, 4.69) is 10.1 Å². The van der Waals surface area contributed by atoms with E-state index in [4.69, 9.17) is 5.11 Å². The number of aliphatic carboxylic acids is 1. The fourth-order valence-electron chi connectivity index (χ4n) is 1.15. The van der Waals surface area contributed by atoms with Crippen LogP contribution in [0.1, 0.15) is 20.3 Å². The van der Waals surface area contributed by atoms with Crippen LogP contribution in [0.5, 0.6) is 0 Å². The summed E-state index contributed by atoms with van der Waals surface area (Å²) in [5.41, 5.74) is 0. The SMILES string of the molecule is CCN(CCC(=O)O)C(=O)NC(C)C(=O)OC. The molecule has 0 rings (SSSR count). The number of nitrogens with one attached hydrogen (secondary N) is 1. The molecular weight excluding hydrogens is 228 g/mol. The second-order valence-electron chi connectivity index (χ2n) is 3.42. The Kier molecular flexibility index (Phi) is 6.69. The van der Waals surface area contributed by atoms with E-state index in [0.29, 0.717) is 6.54 Å². The summed E-state index contributed by atoms with van der Waals surface area (Å²) >= 11 is 0. The van der Waals surface area contributed by atoms with Crippen molar-refractivity contribution < 1.29 is 24.2 Å². The van der Waals surface area contributed by atoms with Crippen molar-refractivity contribution in [2.45, 2.75) is 26.3 Å². The van der Waals surface area contributed by atoms with Gasteiger partial charge in [-0.2, -0.15) is 0 Å². The molecule has 0 spiro atoms.